The number of rotatable bonds is 11. The van der Waals surface area contributed by atoms with Crippen molar-refractivity contribution >= 4 is 29.9 Å². The number of nitrogens with one attached hydrogen (secondary N) is 1. The minimum absolute atomic E-state index is 0. The molecule has 0 atom stereocenters. The first-order chi connectivity index (χ1) is 13.7. The molecule has 0 amide bonds. The van der Waals surface area contributed by atoms with Crippen molar-refractivity contribution in [2.75, 3.05) is 60.8 Å². The summed E-state index contributed by atoms with van der Waals surface area (Å²) in [6, 6.07) is 4.18. The number of ether oxygens (including phenoxy) is 4. The lowest BCUT2D eigenvalue weighted by atomic mass is 9.99. The Morgan fingerprint density at radius 3 is 2.41 bits per heavy atom. The Morgan fingerprint density at radius 2 is 1.76 bits per heavy atom. The Morgan fingerprint density at radius 1 is 1.03 bits per heavy atom. The fourth-order valence-electron chi connectivity index (χ4n) is 3.23. The average Bonchev–Trinajstić information content (AvgIpc) is 2.73. The summed E-state index contributed by atoms with van der Waals surface area (Å²) in [5.41, 5.74) is 2.58. The van der Waals surface area contributed by atoms with Gasteiger partial charge in [0.05, 0.1) is 27.4 Å². The van der Waals surface area contributed by atoms with Crippen LogP contribution in [0.1, 0.15) is 30.9 Å². The van der Waals surface area contributed by atoms with Crippen LogP contribution < -0.4 is 14.8 Å². The Labute approximate surface area is 192 Å². The fraction of sp³-hybridized carbons (Fsp3) is 0.667. The highest BCUT2D eigenvalue weighted by Crippen LogP contribution is 2.33. The largest absolute Gasteiger partial charge is 0.493 e. The summed E-state index contributed by atoms with van der Waals surface area (Å²) in [5.74, 6) is 2.55. The zero-order valence-electron chi connectivity index (χ0n) is 18.2. The molecule has 8 heteroatoms. The first-order valence-corrected chi connectivity index (χ1v) is 10.1. The van der Waals surface area contributed by atoms with Gasteiger partial charge in [-0.2, -0.15) is 0 Å². The summed E-state index contributed by atoms with van der Waals surface area (Å²) in [6.07, 6.45) is 2.98. The van der Waals surface area contributed by atoms with Gasteiger partial charge < -0.3 is 29.2 Å². The summed E-state index contributed by atoms with van der Waals surface area (Å²) in [4.78, 5) is 7.13. The highest BCUT2D eigenvalue weighted by molar-refractivity contribution is 14.0. The van der Waals surface area contributed by atoms with Crippen LogP contribution >= 0.6 is 24.0 Å². The zero-order valence-corrected chi connectivity index (χ0v) is 20.5. The van der Waals surface area contributed by atoms with Crippen LogP contribution in [-0.2, 0) is 22.4 Å². The number of methoxy groups -OCH3 is 3. The summed E-state index contributed by atoms with van der Waals surface area (Å²) in [6.45, 7) is 7.58. The van der Waals surface area contributed by atoms with Crippen LogP contribution in [0.15, 0.2) is 17.1 Å². The van der Waals surface area contributed by atoms with E-state index in [0.29, 0.717) is 13.2 Å². The van der Waals surface area contributed by atoms with E-state index in [1.54, 1.807) is 21.3 Å². The van der Waals surface area contributed by atoms with Crippen LogP contribution in [0.3, 0.4) is 0 Å². The van der Waals surface area contributed by atoms with Crippen LogP contribution in [0.4, 0.5) is 0 Å². The molecule has 1 aromatic rings. The van der Waals surface area contributed by atoms with Crippen molar-refractivity contribution in [3.05, 3.63) is 23.3 Å². The van der Waals surface area contributed by atoms with Crippen molar-refractivity contribution in [1.29, 1.82) is 0 Å². The maximum absolute atomic E-state index is 5.50. The second kappa shape index (κ2) is 14.7. The van der Waals surface area contributed by atoms with Crippen molar-refractivity contribution in [2.45, 2.75) is 32.7 Å². The molecule has 2 rings (SSSR count). The van der Waals surface area contributed by atoms with E-state index in [1.807, 2.05) is 0 Å². The number of guanidine groups is 1. The average molecular weight is 521 g/mol. The predicted octanol–water partition coefficient (Wildman–Crippen LogP) is 3.09. The zero-order chi connectivity index (χ0) is 20.2. The molecular formula is C21H36IN3O4. The lowest BCUT2D eigenvalue weighted by Gasteiger charge is -2.32. The van der Waals surface area contributed by atoms with Gasteiger partial charge in [0, 0.05) is 39.9 Å². The first kappa shape index (κ1) is 25.8. The molecular weight excluding hydrogens is 485 g/mol. The van der Waals surface area contributed by atoms with Crippen molar-refractivity contribution < 1.29 is 18.9 Å². The second-order valence-corrected chi connectivity index (χ2v) is 6.70. The van der Waals surface area contributed by atoms with Gasteiger partial charge in [0.15, 0.2) is 17.5 Å². The molecule has 1 aliphatic heterocycles. The molecule has 1 aromatic carbocycles. The minimum Gasteiger partial charge on any atom is -0.493 e. The van der Waals surface area contributed by atoms with Crippen molar-refractivity contribution in [2.24, 2.45) is 4.99 Å². The van der Waals surface area contributed by atoms with Gasteiger partial charge in [-0.1, -0.05) is 0 Å². The van der Waals surface area contributed by atoms with E-state index in [2.05, 4.69) is 29.3 Å². The molecule has 0 spiro atoms. The molecule has 1 N–H and O–H groups in total. The lowest BCUT2D eigenvalue weighted by molar-refractivity contribution is 0.0690. The molecule has 0 fully saturated rings. The van der Waals surface area contributed by atoms with Gasteiger partial charge in [-0.25, -0.2) is 0 Å². The molecule has 0 unspecified atom stereocenters. The summed E-state index contributed by atoms with van der Waals surface area (Å²) in [7, 11) is 5.04. The minimum atomic E-state index is 0. The van der Waals surface area contributed by atoms with E-state index >= 15 is 0 Å². The van der Waals surface area contributed by atoms with Gasteiger partial charge in [0.1, 0.15) is 0 Å². The third-order valence-electron chi connectivity index (χ3n) is 4.74. The van der Waals surface area contributed by atoms with Gasteiger partial charge >= 0.3 is 0 Å². The van der Waals surface area contributed by atoms with Crippen LogP contribution in [0.5, 0.6) is 11.5 Å². The number of aliphatic imine (C=N–C) groups is 1. The molecule has 166 valence electrons. The van der Waals surface area contributed by atoms with Crippen LogP contribution in [0, 0.1) is 0 Å². The monoisotopic (exact) mass is 521 g/mol. The smallest absolute Gasteiger partial charge is 0.194 e. The van der Waals surface area contributed by atoms with Crippen molar-refractivity contribution in [3.63, 3.8) is 0 Å². The number of hydrogen-bond donors (Lipinski definition) is 1. The molecule has 0 saturated carbocycles. The number of nitrogens with zero attached hydrogens (tertiary/aromatic N) is 2. The number of unbranched alkanes of at least 4 members (excludes halogenated alkanes) is 1. The second-order valence-electron chi connectivity index (χ2n) is 6.70. The molecule has 1 heterocycles. The molecule has 0 aliphatic carbocycles. The molecule has 7 nitrogen and oxygen atoms in total. The normalized spacial score (nSPS) is 13.5. The number of benzene rings is 1. The maximum atomic E-state index is 5.50. The Bertz CT molecular complexity index is 628. The molecule has 0 aromatic heterocycles. The van der Waals surface area contributed by atoms with Gasteiger partial charge in [0.2, 0.25) is 0 Å². The van der Waals surface area contributed by atoms with E-state index in [4.69, 9.17) is 23.9 Å². The molecule has 1 aliphatic rings. The summed E-state index contributed by atoms with van der Waals surface area (Å²) >= 11 is 0. The predicted molar refractivity (Wildman–Crippen MR) is 127 cm³/mol. The summed E-state index contributed by atoms with van der Waals surface area (Å²) < 4.78 is 21.4. The Kier molecular flexibility index (Phi) is 13.0. The standard InChI is InChI=1S/C21H35N3O4.HI/c1-5-22-21(23-9-6-7-11-28-13-12-25-2)24-10-8-17-14-19(26-3)20(27-4)15-18(17)16-24;/h14-15H,5-13,16H2,1-4H3,(H,22,23);1H. The quantitative estimate of drug-likeness (QED) is 0.209. The maximum Gasteiger partial charge on any atom is 0.194 e. The fourth-order valence-corrected chi connectivity index (χ4v) is 3.23. The highest BCUT2D eigenvalue weighted by atomic mass is 127. The van der Waals surface area contributed by atoms with E-state index in [9.17, 15) is 0 Å². The number of fused-ring (bicyclic) bond motifs is 1. The van der Waals surface area contributed by atoms with Crippen molar-refractivity contribution in [1.82, 2.24) is 10.2 Å². The SMILES string of the molecule is CCNC(=NCCCCOCCOC)N1CCc2cc(OC)c(OC)cc2C1.I. The summed E-state index contributed by atoms with van der Waals surface area (Å²) in [5, 5.41) is 3.43. The molecule has 0 radical (unpaired) electrons. The van der Waals surface area contributed by atoms with Gasteiger partial charge in [-0.15, -0.1) is 24.0 Å². The third kappa shape index (κ3) is 8.18. The van der Waals surface area contributed by atoms with E-state index in [-0.39, 0.29) is 24.0 Å². The van der Waals surface area contributed by atoms with E-state index in [0.717, 1.165) is 69.5 Å². The van der Waals surface area contributed by atoms with Gasteiger partial charge in [-0.3, -0.25) is 4.99 Å². The third-order valence-corrected chi connectivity index (χ3v) is 4.74. The lowest BCUT2D eigenvalue weighted by Crippen LogP contribution is -2.44. The number of halogens is 1. The molecule has 29 heavy (non-hydrogen) atoms. The van der Waals surface area contributed by atoms with Gasteiger partial charge in [-0.05, 0) is 49.4 Å². The Balaban J connectivity index is 0.00000420. The van der Waals surface area contributed by atoms with Crippen LogP contribution in [0.25, 0.3) is 0 Å². The topological polar surface area (TPSA) is 64.6 Å². The first-order valence-electron chi connectivity index (χ1n) is 10.1. The molecule has 0 saturated heterocycles. The number of hydrogen-bond acceptors (Lipinski definition) is 5. The van der Waals surface area contributed by atoms with Crippen LogP contribution in [-0.4, -0.2) is 71.6 Å². The van der Waals surface area contributed by atoms with Crippen LogP contribution in [0.2, 0.25) is 0 Å². The van der Waals surface area contributed by atoms with Crippen molar-refractivity contribution in [3.8, 4) is 11.5 Å². The van der Waals surface area contributed by atoms with Gasteiger partial charge in [0.25, 0.3) is 0 Å². The van der Waals surface area contributed by atoms with E-state index in [1.165, 1.54) is 11.1 Å². The molecule has 0 bridgehead atoms. The Hall–Kier alpha value is -1.26. The highest BCUT2D eigenvalue weighted by Gasteiger charge is 2.21. The van der Waals surface area contributed by atoms with E-state index < -0.39 is 0 Å².